The van der Waals surface area contributed by atoms with Crippen LogP contribution in [-0.4, -0.2) is 67.0 Å². The molecule has 2 aromatic rings. The van der Waals surface area contributed by atoms with Gasteiger partial charge in [0.15, 0.2) is 6.10 Å². The Morgan fingerprint density at radius 1 is 1.11 bits per heavy atom. The zero-order valence-electron chi connectivity index (χ0n) is 19.6. The first kappa shape index (κ1) is 25.1. The molecule has 2 aliphatic rings. The quantitative estimate of drug-likeness (QED) is 0.461. The summed E-state index contributed by atoms with van der Waals surface area (Å²) < 4.78 is 10.8. The van der Waals surface area contributed by atoms with Crippen LogP contribution in [0.2, 0.25) is 0 Å². The number of thioether (sulfide) groups is 1. The van der Waals surface area contributed by atoms with Crippen molar-refractivity contribution in [3.63, 3.8) is 0 Å². The summed E-state index contributed by atoms with van der Waals surface area (Å²) >= 11 is 1.57. The summed E-state index contributed by atoms with van der Waals surface area (Å²) in [4.78, 5) is 36.8. The molecular weight excluding hydrogens is 468 g/mol. The van der Waals surface area contributed by atoms with Crippen molar-refractivity contribution in [1.82, 2.24) is 10.6 Å². The Morgan fingerprint density at radius 3 is 2.40 bits per heavy atom. The van der Waals surface area contributed by atoms with Crippen LogP contribution in [0, 0.1) is 5.92 Å². The highest BCUT2D eigenvalue weighted by molar-refractivity contribution is 7.98. The fraction of sp³-hybridized carbons (Fsp3) is 0.423. The number of fused-ring (bicyclic) bond motifs is 3. The molecule has 4 rings (SSSR count). The molecule has 0 aromatic heterocycles. The van der Waals surface area contributed by atoms with Crippen LogP contribution in [0.15, 0.2) is 48.5 Å². The number of hydrogen-bond donors (Lipinski definition) is 3. The number of amides is 2. The third-order valence-corrected chi connectivity index (χ3v) is 7.20. The molecule has 1 fully saturated rings. The van der Waals surface area contributed by atoms with Crippen LogP contribution in [0.1, 0.15) is 29.9 Å². The van der Waals surface area contributed by atoms with Crippen molar-refractivity contribution in [1.29, 1.82) is 0 Å². The number of benzene rings is 2. The molecular formula is C26H30N2O6S. The number of ether oxygens (including phenoxy) is 2. The Hall–Kier alpha value is -3.04. The van der Waals surface area contributed by atoms with Gasteiger partial charge in [-0.15, -0.1) is 0 Å². The Bertz CT molecular complexity index is 1030. The lowest BCUT2D eigenvalue weighted by Gasteiger charge is -2.21. The lowest BCUT2D eigenvalue weighted by atomic mass is 9.98. The first-order chi connectivity index (χ1) is 17.0. The van der Waals surface area contributed by atoms with E-state index < -0.39 is 24.2 Å². The molecule has 35 heavy (non-hydrogen) atoms. The van der Waals surface area contributed by atoms with Crippen LogP contribution < -0.4 is 10.6 Å². The number of carboxylic acids is 1. The normalized spacial score (nSPS) is 19.5. The predicted molar refractivity (Wildman–Crippen MR) is 133 cm³/mol. The Balaban J connectivity index is 1.35. The van der Waals surface area contributed by atoms with Crippen LogP contribution in [0.5, 0.6) is 0 Å². The minimum atomic E-state index is -1.03. The number of carboxylic acid groups (broad SMARTS) is 1. The van der Waals surface area contributed by atoms with Gasteiger partial charge in [0.25, 0.3) is 0 Å². The van der Waals surface area contributed by atoms with Gasteiger partial charge in [-0.05, 0) is 47.1 Å². The van der Waals surface area contributed by atoms with Crippen molar-refractivity contribution >= 4 is 29.7 Å². The topological polar surface area (TPSA) is 114 Å². The van der Waals surface area contributed by atoms with Crippen molar-refractivity contribution in [3.05, 3.63) is 59.7 Å². The summed E-state index contributed by atoms with van der Waals surface area (Å²) in [5, 5.41) is 14.7. The predicted octanol–water partition coefficient (Wildman–Crippen LogP) is 3.25. The minimum absolute atomic E-state index is 0.0676. The van der Waals surface area contributed by atoms with Crippen LogP contribution >= 0.6 is 11.8 Å². The molecule has 0 unspecified atom stereocenters. The van der Waals surface area contributed by atoms with Gasteiger partial charge in [-0.2, -0.15) is 11.8 Å². The third kappa shape index (κ3) is 5.79. The number of carbonyl (C=O) groups excluding carboxylic acids is 2. The Kier molecular flexibility index (Phi) is 8.30. The molecule has 2 aromatic carbocycles. The number of rotatable bonds is 10. The molecule has 1 heterocycles. The summed E-state index contributed by atoms with van der Waals surface area (Å²) in [6, 6.07) is 15.4. The van der Waals surface area contributed by atoms with E-state index in [2.05, 4.69) is 22.8 Å². The Labute approximate surface area is 208 Å². The molecule has 0 spiro atoms. The molecule has 3 N–H and O–H groups in total. The van der Waals surface area contributed by atoms with Gasteiger partial charge in [0.2, 0.25) is 5.91 Å². The molecule has 186 valence electrons. The molecule has 8 nitrogen and oxygen atoms in total. The van der Waals surface area contributed by atoms with E-state index in [1.165, 1.54) is 0 Å². The average molecular weight is 499 g/mol. The molecule has 2 amide bonds. The van der Waals surface area contributed by atoms with E-state index in [0.29, 0.717) is 25.2 Å². The molecule has 1 saturated heterocycles. The largest absolute Gasteiger partial charge is 0.479 e. The van der Waals surface area contributed by atoms with E-state index in [-0.39, 0.29) is 30.9 Å². The van der Waals surface area contributed by atoms with Gasteiger partial charge in [-0.1, -0.05) is 48.5 Å². The molecule has 9 heteroatoms. The summed E-state index contributed by atoms with van der Waals surface area (Å²) in [5.41, 5.74) is 4.52. The highest BCUT2D eigenvalue weighted by Gasteiger charge is 2.35. The van der Waals surface area contributed by atoms with Crippen molar-refractivity contribution in [2.24, 2.45) is 5.92 Å². The van der Waals surface area contributed by atoms with Crippen LogP contribution in [0.4, 0.5) is 4.79 Å². The zero-order chi connectivity index (χ0) is 24.8. The second kappa shape index (κ2) is 11.6. The van der Waals surface area contributed by atoms with Crippen LogP contribution in [0.25, 0.3) is 11.1 Å². The van der Waals surface area contributed by atoms with E-state index in [9.17, 15) is 19.5 Å². The van der Waals surface area contributed by atoms with E-state index in [1.54, 1.807) is 11.8 Å². The first-order valence-electron chi connectivity index (χ1n) is 11.7. The SMILES string of the molecule is CSCC[C@@H](NC(=O)OCC1c2ccccc2-c2ccccc21)C(=O)NC[C@@H]1CCO[C@@H]1C(=O)O. The lowest BCUT2D eigenvalue weighted by molar-refractivity contribution is -0.149. The maximum Gasteiger partial charge on any atom is 0.407 e. The van der Waals surface area contributed by atoms with E-state index in [1.807, 2.05) is 42.7 Å². The molecule has 0 bridgehead atoms. The summed E-state index contributed by atoms with van der Waals surface area (Å²) in [5.74, 6) is -1.08. The fourth-order valence-corrected chi connectivity index (χ4v) is 5.23. The molecule has 0 saturated carbocycles. The molecule has 1 aliphatic heterocycles. The number of carbonyl (C=O) groups is 3. The average Bonchev–Trinajstić information content (AvgIpc) is 3.47. The minimum Gasteiger partial charge on any atom is -0.479 e. The first-order valence-corrected chi connectivity index (χ1v) is 13.1. The maximum absolute atomic E-state index is 12.8. The second-order valence-electron chi connectivity index (χ2n) is 8.73. The molecule has 0 radical (unpaired) electrons. The monoisotopic (exact) mass is 498 g/mol. The third-order valence-electron chi connectivity index (χ3n) is 6.56. The van der Waals surface area contributed by atoms with E-state index >= 15 is 0 Å². The molecule has 1 aliphatic carbocycles. The number of alkyl carbamates (subject to hydrolysis) is 1. The van der Waals surface area contributed by atoms with Gasteiger partial charge < -0.3 is 25.2 Å². The maximum atomic E-state index is 12.8. The van der Waals surface area contributed by atoms with Gasteiger partial charge in [0.1, 0.15) is 12.6 Å². The fourth-order valence-electron chi connectivity index (χ4n) is 4.76. The number of hydrogen-bond acceptors (Lipinski definition) is 6. The highest BCUT2D eigenvalue weighted by Crippen LogP contribution is 2.44. The number of nitrogens with one attached hydrogen (secondary N) is 2. The zero-order valence-corrected chi connectivity index (χ0v) is 20.4. The van der Waals surface area contributed by atoms with E-state index in [4.69, 9.17) is 9.47 Å². The van der Waals surface area contributed by atoms with Crippen LogP contribution in [0.3, 0.4) is 0 Å². The Morgan fingerprint density at radius 2 is 1.77 bits per heavy atom. The summed E-state index contributed by atoms with van der Waals surface area (Å²) in [6.45, 7) is 0.694. The van der Waals surface area contributed by atoms with Crippen LogP contribution in [-0.2, 0) is 19.1 Å². The summed E-state index contributed by atoms with van der Waals surface area (Å²) in [6.07, 6.45) is 1.35. The smallest absolute Gasteiger partial charge is 0.407 e. The standard InChI is InChI=1S/C26H30N2O6S/c1-35-13-11-22(24(29)27-14-16-10-12-33-23(16)25(30)31)28-26(32)34-15-21-19-8-4-2-6-17(19)18-7-3-5-9-20(18)21/h2-9,16,21-23H,10-15H2,1H3,(H,27,29)(H,28,32)(H,30,31)/t16-,22+,23-/m0/s1. The molecule has 3 atom stereocenters. The van der Waals surface area contributed by atoms with Gasteiger partial charge >= 0.3 is 12.1 Å². The van der Waals surface area contributed by atoms with Gasteiger partial charge in [0.05, 0.1) is 0 Å². The van der Waals surface area contributed by atoms with Crippen molar-refractivity contribution < 1.29 is 29.0 Å². The highest BCUT2D eigenvalue weighted by atomic mass is 32.2. The van der Waals surface area contributed by atoms with Gasteiger partial charge in [-0.25, -0.2) is 9.59 Å². The van der Waals surface area contributed by atoms with E-state index in [0.717, 1.165) is 22.3 Å². The van der Waals surface area contributed by atoms with Crippen molar-refractivity contribution in [2.45, 2.75) is 30.9 Å². The van der Waals surface area contributed by atoms with Crippen molar-refractivity contribution in [3.8, 4) is 11.1 Å². The van der Waals surface area contributed by atoms with Crippen molar-refractivity contribution in [2.75, 3.05) is 31.8 Å². The number of aliphatic carboxylic acids is 1. The lowest BCUT2D eigenvalue weighted by Crippen LogP contribution is -2.49. The van der Waals surface area contributed by atoms with Gasteiger partial charge in [0, 0.05) is 25.0 Å². The second-order valence-corrected chi connectivity index (χ2v) is 9.71. The van der Waals surface area contributed by atoms with Gasteiger partial charge in [-0.3, -0.25) is 4.79 Å². The summed E-state index contributed by atoms with van der Waals surface area (Å²) in [7, 11) is 0.